The molecule has 60 heavy (non-hydrogen) atoms. The standard InChI is InChI=1S/C58H46N2/c1-6-7-19-41-35(2)60-53-24-14-12-21-44(53)48-31-37(32-52-54(48)55-51(30-28-45(41)56(55)60)58(52,5)38-17-9-8-10-18-38)42-22-15-16-36-25-26-39(33-46(36)42)59-40-27-29-50-47(34-40)43-20-11-13-23-49(43)57(50,3)4/h6-35,59H,1-5H3/b7-6-,41-19+. The molecule has 0 bridgehead atoms. The molecule has 2 aliphatic carbocycles. The highest BCUT2D eigenvalue weighted by Crippen LogP contribution is 2.65. The fourth-order valence-electron chi connectivity index (χ4n) is 11.4. The molecule has 288 valence electrons. The van der Waals surface area contributed by atoms with Crippen molar-refractivity contribution < 1.29 is 0 Å². The number of nitrogens with zero attached hydrogens (tertiary/aromatic N) is 1. The lowest BCUT2D eigenvalue weighted by atomic mass is 9.73. The van der Waals surface area contributed by atoms with Crippen molar-refractivity contribution >= 4 is 39.1 Å². The van der Waals surface area contributed by atoms with Crippen molar-refractivity contribution in [3.8, 4) is 44.5 Å². The van der Waals surface area contributed by atoms with Gasteiger partial charge in [-0.05, 0) is 141 Å². The molecule has 1 N–H and O–H groups in total. The summed E-state index contributed by atoms with van der Waals surface area (Å²) >= 11 is 0. The van der Waals surface area contributed by atoms with E-state index in [1.54, 1.807) is 0 Å². The molecule has 0 saturated heterocycles. The SMILES string of the molecule is C/C=C\C=C1\c2ccc3c4c2N(c2ccccc2-c2cc(-c5cccc6ccc(Nc7ccc8c(c7)-c7ccccc7C8(C)C)cc56)cc(c2-4)C3(C)c2ccccc2)C1C. The monoisotopic (exact) mass is 770 g/mol. The van der Waals surface area contributed by atoms with Crippen molar-refractivity contribution in [2.24, 2.45) is 0 Å². The van der Waals surface area contributed by atoms with Gasteiger partial charge in [0.15, 0.2) is 0 Å². The summed E-state index contributed by atoms with van der Waals surface area (Å²) in [5, 5.41) is 6.29. The van der Waals surface area contributed by atoms with E-state index < -0.39 is 0 Å². The molecule has 2 heteroatoms. The summed E-state index contributed by atoms with van der Waals surface area (Å²) in [4.78, 5) is 2.63. The zero-order valence-electron chi connectivity index (χ0n) is 34.8. The Labute approximate surface area is 353 Å². The van der Waals surface area contributed by atoms with E-state index in [2.05, 4.69) is 221 Å². The molecule has 0 spiro atoms. The Hall–Kier alpha value is -6.90. The minimum atomic E-state index is -0.360. The maximum Gasteiger partial charge on any atom is 0.0577 e. The van der Waals surface area contributed by atoms with E-state index in [0.29, 0.717) is 0 Å². The van der Waals surface area contributed by atoms with Crippen molar-refractivity contribution in [2.75, 3.05) is 10.2 Å². The summed E-state index contributed by atoms with van der Waals surface area (Å²) in [6.07, 6.45) is 6.65. The summed E-state index contributed by atoms with van der Waals surface area (Å²) in [5.41, 5.74) is 24.4. The number of fused-ring (bicyclic) bond motifs is 7. The molecule has 0 fully saturated rings. The van der Waals surface area contributed by atoms with E-state index in [4.69, 9.17) is 0 Å². The number of hydrogen-bond donors (Lipinski definition) is 1. The minimum absolute atomic E-state index is 0.0153. The molecule has 4 aliphatic rings. The second-order valence-corrected chi connectivity index (χ2v) is 17.8. The van der Waals surface area contributed by atoms with Crippen molar-refractivity contribution in [1.82, 2.24) is 0 Å². The highest BCUT2D eigenvalue weighted by atomic mass is 15.2. The van der Waals surface area contributed by atoms with E-state index in [1.165, 1.54) is 106 Å². The first-order valence-electron chi connectivity index (χ1n) is 21.5. The topological polar surface area (TPSA) is 15.3 Å². The summed E-state index contributed by atoms with van der Waals surface area (Å²) in [7, 11) is 0. The first kappa shape index (κ1) is 35.1. The number of allylic oxidation sites excluding steroid dienone is 3. The van der Waals surface area contributed by atoms with E-state index in [9.17, 15) is 0 Å². The molecule has 0 saturated carbocycles. The predicted octanol–water partition coefficient (Wildman–Crippen LogP) is 15.4. The van der Waals surface area contributed by atoms with Gasteiger partial charge in [0.2, 0.25) is 0 Å². The lowest BCUT2D eigenvalue weighted by Gasteiger charge is -2.31. The van der Waals surface area contributed by atoms with Crippen molar-refractivity contribution in [3.63, 3.8) is 0 Å². The van der Waals surface area contributed by atoms with Crippen molar-refractivity contribution in [3.05, 3.63) is 209 Å². The highest BCUT2D eigenvalue weighted by molar-refractivity contribution is 6.13. The van der Waals surface area contributed by atoms with Crippen LogP contribution in [0.4, 0.5) is 22.7 Å². The van der Waals surface area contributed by atoms with Crippen LogP contribution in [0.5, 0.6) is 0 Å². The smallest absolute Gasteiger partial charge is 0.0577 e. The summed E-state index contributed by atoms with van der Waals surface area (Å²) in [6.45, 7) is 11.6. The summed E-state index contributed by atoms with van der Waals surface area (Å²) < 4.78 is 0. The molecule has 0 aromatic heterocycles. The van der Waals surface area contributed by atoms with E-state index >= 15 is 0 Å². The van der Waals surface area contributed by atoms with Gasteiger partial charge >= 0.3 is 0 Å². The number of nitrogens with one attached hydrogen (secondary N) is 1. The third-order valence-electron chi connectivity index (χ3n) is 14.4. The molecule has 12 rings (SSSR count). The maximum absolute atomic E-state index is 3.82. The van der Waals surface area contributed by atoms with Crippen LogP contribution in [0.2, 0.25) is 0 Å². The van der Waals surface area contributed by atoms with Gasteiger partial charge in [-0.25, -0.2) is 0 Å². The van der Waals surface area contributed by atoms with Crippen LogP contribution >= 0.6 is 0 Å². The number of para-hydroxylation sites is 1. The number of benzene rings is 8. The normalized spacial score (nSPS) is 19.1. The minimum Gasteiger partial charge on any atom is -0.355 e. The molecule has 2 unspecified atom stereocenters. The van der Waals surface area contributed by atoms with Crippen LogP contribution in [0.15, 0.2) is 176 Å². The van der Waals surface area contributed by atoms with Crippen LogP contribution in [0.1, 0.15) is 68.0 Å². The van der Waals surface area contributed by atoms with Gasteiger partial charge in [-0.1, -0.05) is 147 Å². The van der Waals surface area contributed by atoms with Crippen LogP contribution in [-0.4, -0.2) is 6.04 Å². The van der Waals surface area contributed by atoms with Gasteiger partial charge in [-0.3, -0.25) is 0 Å². The summed E-state index contributed by atoms with van der Waals surface area (Å²) in [5.74, 6) is 0. The van der Waals surface area contributed by atoms with Crippen LogP contribution in [0.25, 0.3) is 60.9 Å². The Balaban J connectivity index is 1.07. The predicted molar refractivity (Wildman–Crippen MR) is 254 cm³/mol. The van der Waals surface area contributed by atoms with Gasteiger partial charge in [-0.2, -0.15) is 0 Å². The molecule has 2 atom stereocenters. The number of rotatable bonds is 5. The van der Waals surface area contributed by atoms with E-state index in [-0.39, 0.29) is 16.9 Å². The average molecular weight is 771 g/mol. The third-order valence-corrected chi connectivity index (χ3v) is 14.4. The lowest BCUT2D eigenvalue weighted by molar-refractivity contribution is 0.660. The van der Waals surface area contributed by atoms with Crippen LogP contribution < -0.4 is 10.2 Å². The van der Waals surface area contributed by atoms with Crippen LogP contribution in [0, 0.1) is 0 Å². The average Bonchev–Trinajstić information content (AvgIpc) is 3.76. The van der Waals surface area contributed by atoms with Gasteiger partial charge < -0.3 is 10.2 Å². The molecule has 2 aliphatic heterocycles. The fourth-order valence-corrected chi connectivity index (χ4v) is 11.4. The molecule has 0 radical (unpaired) electrons. The first-order chi connectivity index (χ1) is 29.3. The zero-order chi connectivity index (χ0) is 40.5. The van der Waals surface area contributed by atoms with Crippen LogP contribution in [-0.2, 0) is 10.8 Å². The third kappa shape index (κ3) is 4.65. The Kier molecular flexibility index (Phi) is 7.34. The Morgan fingerprint density at radius 2 is 1.27 bits per heavy atom. The molecule has 2 nitrogen and oxygen atoms in total. The number of hydrogen-bond acceptors (Lipinski definition) is 2. The van der Waals surface area contributed by atoms with E-state index in [1.807, 2.05) is 0 Å². The fraction of sp³-hybridized carbons (Fsp3) is 0.138. The van der Waals surface area contributed by atoms with Crippen LogP contribution in [0.3, 0.4) is 0 Å². The van der Waals surface area contributed by atoms with Crippen molar-refractivity contribution in [1.29, 1.82) is 0 Å². The zero-order valence-corrected chi connectivity index (χ0v) is 34.8. The maximum atomic E-state index is 3.82. The summed E-state index contributed by atoms with van der Waals surface area (Å²) in [6, 6.07) is 59.7. The highest BCUT2D eigenvalue weighted by Gasteiger charge is 2.49. The second-order valence-electron chi connectivity index (χ2n) is 17.8. The van der Waals surface area contributed by atoms with Gasteiger partial charge in [0.1, 0.15) is 0 Å². The molecule has 2 heterocycles. The number of anilines is 4. The molecular weight excluding hydrogens is 725 g/mol. The van der Waals surface area contributed by atoms with Gasteiger partial charge in [0, 0.05) is 44.6 Å². The second kappa shape index (κ2) is 12.6. The molecular formula is C58H46N2. The molecule has 0 amide bonds. The van der Waals surface area contributed by atoms with Gasteiger partial charge in [0.05, 0.1) is 11.7 Å². The quantitative estimate of drug-likeness (QED) is 0.187. The lowest BCUT2D eigenvalue weighted by Crippen LogP contribution is -2.25. The Morgan fingerprint density at radius 3 is 2.12 bits per heavy atom. The van der Waals surface area contributed by atoms with Gasteiger partial charge in [-0.15, -0.1) is 0 Å². The Morgan fingerprint density at radius 1 is 0.550 bits per heavy atom. The van der Waals surface area contributed by atoms with Gasteiger partial charge in [0.25, 0.3) is 0 Å². The molecule has 8 aromatic rings. The van der Waals surface area contributed by atoms with E-state index in [0.717, 1.165) is 11.4 Å². The Bertz CT molecular complexity index is 3200. The largest absolute Gasteiger partial charge is 0.355 e. The molecule has 8 aromatic carbocycles. The van der Waals surface area contributed by atoms with Crippen molar-refractivity contribution in [2.45, 2.75) is 51.5 Å². The first-order valence-corrected chi connectivity index (χ1v) is 21.5.